The maximum absolute atomic E-state index is 11.6. The van der Waals surface area contributed by atoms with E-state index in [1.807, 2.05) is 6.07 Å². The molecule has 1 unspecified atom stereocenters. The van der Waals surface area contributed by atoms with Gasteiger partial charge in [0, 0.05) is 12.8 Å². The molecule has 0 bridgehead atoms. The normalized spacial score (nSPS) is 13.6. The third-order valence-electron chi connectivity index (χ3n) is 3.09. The van der Waals surface area contributed by atoms with Gasteiger partial charge in [0.05, 0.1) is 10.6 Å². The third-order valence-corrected chi connectivity index (χ3v) is 4.24. The summed E-state index contributed by atoms with van der Waals surface area (Å²) in [5.74, 6) is 0.797. The van der Waals surface area contributed by atoms with Crippen molar-refractivity contribution in [3.05, 3.63) is 24.3 Å². The minimum absolute atomic E-state index is 0.331. The molecule has 0 saturated carbocycles. The van der Waals surface area contributed by atoms with Crippen molar-refractivity contribution < 1.29 is 8.42 Å². The van der Waals surface area contributed by atoms with Gasteiger partial charge in [-0.15, -0.1) is 0 Å². The lowest BCUT2D eigenvalue weighted by molar-refractivity contribution is 0.413. The van der Waals surface area contributed by atoms with Gasteiger partial charge in [-0.05, 0) is 30.5 Å². The van der Waals surface area contributed by atoms with Crippen molar-refractivity contribution in [1.29, 1.82) is 0 Å². The summed E-state index contributed by atoms with van der Waals surface area (Å²) in [6, 6.07) is 6.95. The molecule has 0 spiro atoms. The zero-order valence-electron chi connectivity index (χ0n) is 11.2. The molecule has 0 saturated heterocycles. The first kappa shape index (κ1) is 15.0. The molecule has 1 atom stereocenters. The van der Waals surface area contributed by atoms with E-state index >= 15 is 0 Å². The Morgan fingerprint density at radius 3 is 2.39 bits per heavy atom. The Morgan fingerprint density at radius 1 is 1.28 bits per heavy atom. The largest absolute Gasteiger partial charge is 0.384 e. The molecule has 0 heterocycles. The Kier molecular flexibility index (Phi) is 5.16. The number of hydrogen-bond donors (Lipinski definition) is 2. The van der Waals surface area contributed by atoms with Gasteiger partial charge in [-0.25, -0.2) is 8.42 Å². The Labute approximate surface area is 110 Å². The van der Waals surface area contributed by atoms with Crippen molar-refractivity contribution in [3.8, 4) is 0 Å². The topological polar surface area (TPSA) is 72.2 Å². The lowest BCUT2D eigenvalue weighted by Gasteiger charge is -2.20. The standard InChI is InChI=1S/C13H22N2O2S/c1-10(2)11(8-14)9-15-12-6-4-5-7-13(12)18(3,16)17/h4-7,10-11,15H,8-9,14H2,1-3H3. The maximum atomic E-state index is 11.6. The minimum atomic E-state index is -3.20. The van der Waals surface area contributed by atoms with Gasteiger partial charge < -0.3 is 11.1 Å². The van der Waals surface area contributed by atoms with Crippen LogP contribution in [0.25, 0.3) is 0 Å². The van der Waals surface area contributed by atoms with Crippen LogP contribution in [0.1, 0.15) is 13.8 Å². The van der Waals surface area contributed by atoms with Crippen LogP contribution in [0, 0.1) is 11.8 Å². The summed E-state index contributed by atoms with van der Waals surface area (Å²) in [5, 5.41) is 3.19. The fourth-order valence-electron chi connectivity index (χ4n) is 1.77. The molecule has 0 fully saturated rings. The summed E-state index contributed by atoms with van der Waals surface area (Å²) in [4.78, 5) is 0.338. The van der Waals surface area contributed by atoms with Crippen LogP contribution in [0.5, 0.6) is 0 Å². The number of anilines is 1. The van der Waals surface area contributed by atoms with Crippen LogP contribution in [0.4, 0.5) is 5.69 Å². The summed E-state index contributed by atoms with van der Waals surface area (Å²) in [6.45, 7) is 5.50. The van der Waals surface area contributed by atoms with Gasteiger partial charge in [0.15, 0.2) is 9.84 Å². The first-order chi connectivity index (χ1) is 8.36. The second kappa shape index (κ2) is 6.20. The van der Waals surface area contributed by atoms with Crippen molar-refractivity contribution in [1.82, 2.24) is 0 Å². The van der Waals surface area contributed by atoms with Crippen LogP contribution in [0.15, 0.2) is 29.2 Å². The van der Waals surface area contributed by atoms with E-state index in [0.29, 0.717) is 35.5 Å². The third kappa shape index (κ3) is 3.99. The summed E-state index contributed by atoms with van der Waals surface area (Å²) >= 11 is 0. The smallest absolute Gasteiger partial charge is 0.177 e. The molecule has 102 valence electrons. The molecule has 3 N–H and O–H groups in total. The molecular formula is C13H22N2O2S. The van der Waals surface area contributed by atoms with Crippen LogP contribution in [-0.2, 0) is 9.84 Å². The number of benzene rings is 1. The number of para-hydroxylation sites is 1. The average Bonchev–Trinajstić information content (AvgIpc) is 2.28. The van der Waals surface area contributed by atoms with Crippen LogP contribution >= 0.6 is 0 Å². The van der Waals surface area contributed by atoms with Crippen molar-refractivity contribution >= 4 is 15.5 Å². The molecule has 1 rings (SSSR count). The van der Waals surface area contributed by atoms with Gasteiger partial charge in [0.2, 0.25) is 0 Å². The molecule has 0 aromatic heterocycles. The van der Waals surface area contributed by atoms with Gasteiger partial charge in [-0.1, -0.05) is 26.0 Å². The molecule has 1 aromatic rings. The highest BCUT2D eigenvalue weighted by Crippen LogP contribution is 2.21. The molecule has 0 aliphatic heterocycles. The first-order valence-corrected chi connectivity index (χ1v) is 7.98. The van der Waals surface area contributed by atoms with E-state index in [2.05, 4.69) is 19.2 Å². The quantitative estimate of drug-likeness (QED) is 0.826. The predicted octanol–water partition coefficient (Wildman–Crippen LogP) is 1.73. The van der Waals surface area contributed by atoms with E-state index < -0.39 is 9.84 Å². The SMILES string of the molecule is CC(C)C(CN)CNc1ccccc1S(C)(=O)=O. The van der Waals surface area contributed by atoms with E-state index in [9.17, 15) is 8.42 Å². The molecule has 0 aliphatic rings. The summed E-state index contributed by atoms with van der Waals surface area (Å²) in [6.07, 6.45) is 1.22. The molecule has 18 heavy (non-hydrogen) atoms. The fourth-order valence-corrected chi connectivity index (χ4v) is 2.63. The van der Waals surface area contributed by atoms with E-state index in [4.69, 9.17) is 5.73 Å². The first-order valence-electron chi connectivity index (χ1n) is 6.09. The number of sulfone groups is 1. The van der Waals surface area contributed by atoms with Gasteiger partial charge in [-0.2, -0.15) is 0 Å². The highest BCUT2D eigenvalue weighted by atomic mass is 32.2. The van der Waals surface area contributed by atoms with Gasteiger partial charge in [0.25, 0.3) is 0 Å². The molecule has 4 nitrogen and oxygen atoms in total. The highest BCUT2D eigenvalue weighted by molar-refractivity contribution is 7.90. The average molecular weight is 270 g/mol. The molecule has 5 heteroatoms. The minimum Gasteiger partial charge on any atom is -0.384 e. The van der Waals surface area contributed by atoms with Gasteiger partial charge in [0.1, 0.15) is 0 Å². The number of rotatable bonds is 6. The number of nitrogens with two attached hydrogens (primary N) is 1. The lowest BCUT2D eigenvalue weighted by atomic mass is 9.96. The summed E-state index contributed by atoms with van der Waals surface area (Å²) < 4.78 is 23.3. The Balaban J connectivity index is 2.86. The Hall–Kier alpha value is -1.07. The Morgan fingerprint density at radius 2 is 1.89 bits per heavy atom. The monoisotopic (exact) mass is 270 g/mol. The lowest BCUT2D eigenvalue weighted by Crippen LogP contribution is -2.27. The zero-order valence-corrected chi connectivity index (χ0v) is 12.0. The van der Waals surface area contributed by atoms with E-state index in [-0.39, 0.29) is 0 Å². The number of nitrogens with one attached hydrogen (secondary N) is 1. The van der Waals surface area contributed by atoms with E-state index in [0.717, 1.165) is 0 Å². The molecule has 0 aliphatic carbocycles. The van der Waals surface area contributed by atoms with Crippen LogP contribution in [0.2, 0.25) is 0 Å². The van der Waals surface area contributed by atoms with Crippen LogP contribution in [0.3, 0.4) is 0 Å². The predicted molar refractivity (Wildman–Crippen MR) is 75.4 cm³/mol. The van der Waals surface area contributed by atoms with Crippen molar-refractivity contribution in [3.63, 3.8) is 0 Å². The second-order valence-corrected chi connectivity index (χ2v) is 6.87. The second-order valence-electron chi connectivity index (χ2n) is 4.89. The van der Waals surface area contributed by atoms with Gasteiger partial charge >= 0.3 is 0 Å². The zero-order chi connectivity index (χ0) is 13.8. The number of hydrogen-bond acceptors (Lipinski definition) is 4. The molecule has 0 amide bonds. The van der Waals surface area contributed by atoms with Crippen molar-refractivity contribution in [2.75, 3.05) is 24.7 Å². The Bertz CT molecular complexity index is 484. The summed E-state index contributed by atoms with van der Waals surface area (Å²) in [5.41, 5.74) is 6.36. The molecular weight excluding hydrogens is 248 g/mol. The van der Waals surface area contributed by atoms with Crippen LogP contribution in [-0.4, -0.2) is 27.8 Å². The van der Waals surface area contributed by atoms with Crippen molar-refractivity contribution in [2.24, 2.45) is 17.6 Å². The van der Waals surface area contributed by atoms with Crippen LogP contribution < -0.4 is 11.1 Å². The molecule has 1 aromatic carbocycles. The van der Waals surface area contributed by atoms with E-state index in [1.165, 1.54) is 6.26 Å². The van der Waals surface area contributed by atoms with Gasteiger partial charge in [-0.3, -0.25) is 0 Å². The fraction of sp³-hybridized carbons (Fsp3) is 0.538. The summed E-state index contributed by atoms with van der Waals surface area (Å²) in [7, 11) is -3.20. The molecule has 0 radical (unpaired) electrons. The van der Waals surface area contributed by atoms with E-state index in [1.54, 1.807) is 18.2 Å². The maximum Gasteiger partial charge on any atom is 0.177 e. The highest BCUT2D eigenvalue weighted by Gasteiger charge is 2.15. The van der Waals surface area contributed by atoms with Crippen molar-refractivity contribution in [2.45, 2.75) is 18.7 Å².